The molecule has 0 saturated carbocycles. The molecule has 1 aromatic carbocycles. The Labute approximate surface area is 116 Å². The molecule has 1 fully saturated rings. The molecule has 2 N–H and O–H groups in total. The zero-order valence-electron chi connectivity index (χ0n) is 10.3. The van der Waals surface area contributed by atoms with E-state index in [-0.39, 0.29) is 10.9 Å². The minimum atomic E-state index is -3.46. The van der Waals surface area contributed by atoms with Gasteiger partial charge in [-0.2, -0.15) is 4.31 Å². The van der Waals surface area contributed by atoms with Gasteiger partial charge in [-0.15, -0.1) is 0 Å². The van der Waals surface area contributed by atoms with E-state index < -0.39 is 10.0 Å². The molecule has 1 heterocycles. The Hall–Kier alpha value is -0.590. The third kappa shape index (κ3) is 2.55. The molecule has 1 aliphatic heterocycles. The summed E-state index contributed by atoms with van der Waals surface area (Å²) in [4.78, 5) is 0.260. The van der Waals surface area contributed by atoms with Gasteiger partial charge in [0.05, 0.1) is 4.90 Å². The number of sulfonamides is 1. The van der Waals surface area contributed by atoms with Crippen molar-refractivity contribution in [1.82, 2.24) is 4.31 Å². The molecule has 1 aromatic rings. The molecule has 1 atom stereocenters. The van der Waals surface area contributed by atoms with Crippen LogP contribution in [0.5, 0.6) is 0 Å². The molecule has 1 saturated heterocycles. The number of nitrogens with zero attached hydrogens (tertiary/aromatic N) is 1. The van der Waals surface area contributed by atoms with E-state index in [1.54, 1.807) is 16.4 Å². The predicted molar refractivity (Wildman–Crippen MR) is 75.8 cm³/mol. The van der Waals surface area contributed by atoms with Crippen LogP contribution < -0.4 is 5.73 Å². The van der Waals surface area contributed by atoms with Crippen molar-refractivity contribution in [3.05, 3.63) is 22.7 Å². The third-order valence-electron chi connectivity index (χ3n) is 3.28. The Morgan fingerprint density at radius 2 is 2.11 bits per heavy atom. The number of hydrogen-bond acceptors (Lipinski definition) is 3. The van der Waals surface area contributed by atoms with Gasteiger partial charge >= 0.3 is 0 Å². The zero-order chi connectivity index (χ0) is 13.3. The van der Waals surface area contributed by atoms with Gasteiger partial charge < -0.3 is 5.73 Å². The highest BCUT2D eigenvalue weighted by molar-refractivity contribution is 9.10. The first-order chi connectivity index (χ1) is 8.43. The molecule has 6 heteroatoms. The highest BCUT2D eigenvalue weighted by Gasteiger charge is 2.32. The van der Waals surface area contributed by atoms with Crippen molar-refractivity contribution < 1.29 is 8.42 Å². The summed E-state index contributed by atoms with van der Waals surface area (Å²) in [5.74, 6) is 0. The second kappa shape index (κ2) is 5.19. The lowest BCUT2D eigenvalue weighted by Crippen LogP contribution is -2.42. The average molecular weight is 333 g/mol. The summed E-state index contributed by atoms with van der Waals surface area (Å²) >= 11 is 3.29. The van der Waals surface area contributed by atoms with Crippen LogP contribution in [0, 0.1) is 0 Å². The summed E-state index contributed by atoms with van der Waals surface area (Å²) in [5.41, 5.74) is 6.14. The molecule has 0 spiro atoms. The number of rotatable bonds is 2. The van der Waals surface area contributed by atoms with Gasteiger partial charge in [-0.05, 0) is 53.9 Å². The molecule has 18 heavy (non-hydrogen) atoms. The van der Waals surface area contributed by atoms with Gasteiger partial charge in [-0.25, -0.2) is 8.42 Å². The van der Waals surface area contributed by atoms with Crippen molar-refractivity contribution >= 4 is 31.6 Å². The van der Waals surface area contributed by atoms with Crippen LogP contribution in [0.1, 0.15) is 26.2 Å². The summed E-state index contributed by atoms with van der Waals surface area (Å²) in [6.07, 6.45) is 2.92. The summed E-state index contributed by atoms with van der Waals surface area (Å²) in [5, 5.41) is 0. The van der Waals surface area contributed by atoms with E-state index in [1.807, 2.05) is 6.92 Å². The van der Waals surface area contributed by atoms with Crippen LogP contribution in [-0.4, -0.2) is 25.3 Å². The number of anilines is 1. The fourth-order valence-electron chi connectivity index (χ4n) is 2.27. The predicted octanol–water partition coefficient (Wildman–Crippen LogP) is 2.59. The molecule has 0 bridgehead atoms. The van der Waals surface area contributed by atoms with Crippen LogP contribution in [0.25, 0.3) is 0 Å². The lowest BCUT2D eigenvalue weighted by Gasteiger charge is -2.32. The monoisotopic (exact) mass is 332 g/mol. The van der Waals surface area contributed by atoms with E-state index in [1.165, 1.54) is 6.07 Å². The maximum absolute atomic E-state index is 12.6. The highest BCUT2D eigenvalue weighted by atomic mass is 79.9. The molecule has 1 aliphatic rings. The average Bonchev–Trinajstić information content (AvgIpc) is 2.32. The van der Waals surface area contributed by atoms with Crippen LogP contribution in [0.15, 0.2) is 27.6 Å². The molecule has 100 valence electrons. The Bertz CT molecular complexity index is 545. The third-order valence-corrected chi connectivity index (χ3v) is 6.29. The summed E-state index contributed by atoms with van der Waals surface area (Å²) in [6, 6.07) is 4.93. The van der Waals surface area contributed by atoms with E-state index >= 15 is 0 Å². The largest absolute Gasteiger partial charge is 0.399 e. The highest BCUT2D eigenvalue weighted by Crippen LogP contribution is 2.30. The normalized spacial score (nSPS) is 22.0. The molecule has 2 rings (SSSR count). The molecule has 1 unspecified atom stereocenters. The SMILES string of the molecule is CC1CCCCN1S(=O)(=O)c1cc(N)ccc1Br. The van der Waals surface area contributed by atoms with E-state index in [4.69, 9.17) is 5.73 Å². The lowest BCUT2D eigenvalue weighted by molar-refractivity contribution is 0.268. The Balaban J connectivity index is 2.44. The Kier molecular flexibility index (Phi) is 3.99. The standard InChI is InChI=1S/C12H17BrN2O2S/c1-9-4-2-3-7-15(9)18(16,17)12-8-10(14)5-6-11(12)13/h5-6,8-9H,2-4,7,14H2,1H3. The second-order valence-corrected chi connectivity index (χ2v) is 7.36. The Morgan fingerprint density at radius 3 is 2.78 bits per heavy atom. The Morgan fingerprint density at radius 1 is 1.39 bits per heavy atom. The van der Waals surface area contributed by atoms with Crippen molar-refractivity contribution in [3.63, 3.8) is 0 Å². The molecular weight excluding hydrogens is 316 g/mol. The maximum atomic E-state index is 12.6. The lowest BCUT2D eigenvalue weighted by atomic mass is 10.1. The zero-order valence-corrected chi connectivity index (χ0v) is 12.7. The van der Waals surface area contributed by atoms with Crippen LogP contribution in [0.4, 0.5) is 5.69 Å². The smallest absolute Gasteiger partial charge is 0.244 e. The first-order valence-corrected chi connectivity index (χ1v) is 8.23. The minimum Gasteiger partial charge on any atom is -0.399 e. The van der Waals surface area contributed by atoms with Gasteiger partial charge in [0.25, 0.3) is 0 Å². The minimum absolute atomic E-state index is 0.0529. The first-order valence-electron chi connectivity index (χ1n) is 6.00. The van der Waals surface area contributed by atoms with Gasteiger partial charge in [0.2, 0.25) is 10.0 Å². The number of benzene rings is 1. The van der Waals surface area contributed by atoms with E-state index in [9.17, 15) is 8.42 Å². The van der Waals surface area contributed by atoms with Crippen molar-refractivity contribution in [2.45, 2.75) is 37.1 Å². The molecule has 0 aliphatic carbocycles. The van der Waals surface area contributed by atoms with Gasteiger partial charge in [-0.3, -0.25) is 0 Å². The van der Waals surface area contributed by atoms with Gasteiger partial charge in [0, 0.05) is 22.7 Å². The van der Waals surface area contributed by atoms with E-state index in [2.05, 4.69) is 15.9 Å². The fourth-order valence-corrected chi connectivity index (χ4v) is 4.93. The second-order valence-electron chi connectivity index (χ2n) is 4.65. The van der Waals surface area contributed by atoms with Crippen LogP contribution in [0.3, 0.4) is 0 Å². The summed E-state index contributed by atoms with van der Waals surface area (Å²) in [6.45, 7) is 2.54. The molecule has 0 amide bonds. The van der Waals surface area contributed by atoms with Crippen molar-refractivity contribution in [2.75, 3.05) is 12.3 Å². The van der Waals surface area contributed by atoms with E-state index in [0.717, 1.165) is 19.3 Å². The number of piperidine rings is 1. The van der Waals surface area contributed by atoms with E-state index in [0.29, 0.717) is 16.7 Å². The number of nitrogen functional groups attached to an aromatic ring is 1. The molecule has 0 radical (unpaired) electrons. The van der Waals surface area contributed by atoms with Crippen molar-refractivity contribution in [1.29, 1.82) is 0 Å². The number of hydrogen-bond donors (Lipinski definition) is 1. The summed E-state index contributed by atoms with van der Waals surface area (Å²) < 4.78 is 27.4. The maximum Gasteiger partial charge on any atom is 0.244 e. The van der Waals surface area contributed by atoms with Crippen LogP contribution in [0.2, 0.25) is 0 Å². The van der Waals surface area contributed by atoms with Crippen LogP contribution in [-0.2, 0) is 10.0 Å². The quantitative estimate of drug-likeness (QED) is 0.846. The van der Waals surface area contributed by atoms with Gasteiger partial charge in [0.1, 0.15) is 0 Å². The van der Waals surface area contributed by atoms with Crippen LogP contribution >= 0.6 is 15.9 Å². The van der Waals surface area contributed by atoms with Gasteiger partial charge in [-0.1, -0.05) is 6.42 Å². The van der Waals surface area contributed by atoms with Gasteiger partial charge in [0.15, 0.2) is 0 Å². The van der Waals surface area contributed by atoms with Crippen molar-refractivity contribution in [3.8, 4) is 0 Å². The van der Waals surface area contributed by atoms with Crippen molar-refractivity contribution in [2.24, 2.45) is 0 Å². The number of nitrogens with two attached hydrogens (primary N) is 1. The summed E-state index contributed by atoms with van der Waals surface area (Å²) in [7, 11) is -3.46. The topological polar surface area (TPSA) is 63.4 Å². The molecule has 0 aromatic heterocycles. The number of halogens is 1. The molecule has 4 nitrogen and oxygen atoms in total. The molecular formula is C12H17BrN2O2S. The fraction of sp³-hybridized carbons (Fsp3) is 0.500. The first kappa shape index (κ1) is 13.8.